The van der Waals surface area contributed by atoms with Gasteiger partial charge in [0.1, 0.15) is 10.6 Å². The van der Waals surface area contributed by atoms with Crippen molar-refractivity contribution >= 4 is 21.6 Å². The summed E-state index contributed by atoms with van der Waals surface area (Å²) in [6.45, 7) is 4.32. The molecule has 118 valence electrons. The highest BCUT2D eigenvalue weighted by atomic mass is 35.5. The van der Waals surface area contributed by atoms with Crippen molar-refractivity contribution in [3.05, 3.63) is 23.2 Å². The summed E-state index contributed by atoms with van der Waals surface area (Å²) in [6, 6.07) is 4.67. The van der Waals surface area contributed by atoms with E-state index >= 15 is 0 Å². The first-order chi connectivity index (χ1) is 9.94. The summed E-state index contributed by atoms with van der Waals surface area (Å²) >= 11 is 5.95. The summed E-state index contributed by atoms with van der Waals surface area (Å²) in [7, 11) is -3.63. The fraction of sp³-hybridized carbons (Fsp3) is 0.600. The monoisotopic (exact) mass is 331 g/mol. The molecule has 1 aromatic carbocycles. The molecule has 6 heteroatoms. The predicted octanol–water partition coefficient (Wildman–Crippen LogP) is 3.60. The Bertz CT molecular complexity index is 589. The van der Waals surface area contributed by atoms with Crippen molar-refractivity contribution < 1.29 is 13.2 Å². The van der Waals surface area contributed by atoms with Crippen LogP contribution in [0.5, 0.6) is 5.75 Å². The lowest BCUT2D eigenvalue weighted by molar-refractivity contribution is 0.308. The quantitative estimate of drug-likeness (QED) is 0.897. The number of hydrogen-bond acceptors (Lipinski definition) is 3. The zero-order chi connectivity index (χ0) is 15.5. The molecule has 2 unspecified atom stereocenters. The van der Waals surface area contributed by atoms with Crippen molar-refractivity contribution in [2.45, 2.75) is 50.5 Å². The molecule has 0 radical (unpaired) electrons. The maximum absolute atomic E-state index is 12.6. The largest absolute Gasteiger partial charge is 0.492 e. The summed E-state index contributed by atoms with van der Waals surface area (Å²) < 4.78 is 33.5. The smallest absolute Gasteiger partial charge is 0.244 e. The Kier molecular flexibility index (Phi) is 5.52. The molecule has 1 aliphatic carbocycles. The van der Waals surface area contributed by atoms with E-state index in [9.17, 15) is 8.42 Å². The lowest BCUT2D eigenvalue weighted by atomic mass is 9.87. The van der Waals surface area contributed by atoms with Crippen molar-refractivity contribution in [3.63, 3.8) is 0 Å². The number of halogens is 1. The van der Waals surface area contributed by atoms with Crippen LogP contribution >= 0.6 is 11.6 Å². The number of rotatable bonds is 5. The van der Waals surface area contributed by atoms with Gasteiger partial charge in [-0.05, 0) is 43.9 Å². The minimum absolute atomic E-state index is 0.0165. The number of nitrogens with one attached hydrogen (secondary N) is 1. The van der Waals surface area contributed by atoms with Crippen molar-refractivity contribution in [1.29, 1.82) is 0 Å². The second kappa shape index (κ2) is 6.99. The van der Waals surface area contributed by atoms with Gasteiger partial charge in [0.05, 0.1) is 6.61 Å². The third kappa shape index (κ3) is 4.11. The van der Waals surface area contributed by atoms with Crippen LogP contribution in [-0.4, -0.2) is 21.1 Å². The molecular weight excluding hydrogens is 310 g/mol. The van der Waals surface area contributed by atoms with Gasteiger partial charge < -0.3 is 4.74 Å². The molecule has 0 aromatic heterocycles. The molecule has 0 saturated heterocycles. The molecule has 0 amide bonds. The van der Waals surface area contributed by atoms with Gasteiger partial charge in [0.25, 0.3) is 0 Å². The maximum Gasteiger partial charge on any atom is 0.244 e. The fourth-order valence-corrected chi connectivity index (χ4v) is 4.51. The molecular formula is C15H22ClNO3S. The molecule has 4 nitrogen and oxygen atoms in total. The molecule has 0 bridgehead atoms. The lowest BCUT2D eigenvalue weighted by Crippen LogP contribution is -2.41. The average Bonchev–Trinajstić information content (AvgIpc) is 2.43. The zero-order valence-electron chi connectivity index (χ0n) is 12.4. The van der Waals surface area contributed by atoms with Crippen molar-refractivity contribution in [2.75, 3.05) is 6.61 Å². The number of hydrogen-bond donors (Lipinski definition) is 1. The molecule has 0 heterocycles. The Morgan fingerprint density at radius 2 is 2.05 bits per heavy atom. The minimum atomic E-state index is -3.63. The molecule has 2 rings (SSSR count). The van der Waals surface area contributed by atoms with Gasteiger partial charge in [-0.3, -0.25) is 0 Å². The Morgan fingerprint density at radius 1 is 1.33 bits per heavy atom. The molecule has 0 spiro atoms. The van der Waals surface area contributed by atoms with Crippen molar-refractivity contribution in [3.8, 4) is 5.75 Å². The highest BCUT2D eigenvalue weighted by molar-refractivity contribution is 7.89. The first-order valence-electron chi connectivity index (χ1n) is 7.38. The van der Waals surface area contributed by atoms with Gasteiger partial charge in [0.2, 0.25) is 10.0 Å². The molecule has 0 aliphatic heterocycles. The van der Waals surface area contributed by atoms with E-state index in [2.05, 4.69) is 11.6 Å². The van der Waals surface area contributed by atoms with Crippen molar-refractivity contribution in [1.82, 2.24) is 4.72 Å². The van der Waals surface area contributed by atoms with Gasteiger partial charge in [0, 0.05) is 11.1 Å². The van der Waals surface area contributed by atoms with Crippen LogP contribution in [-0.2, 0) is 10.0 Å². The average molecular weight is 332 g/mol. The molecule has 2 atom stereocenters. The van der Waals surface area contributed by atoms with E-state index in [4.69, 9.17) is 16.3 Å². The third-order valence-electron chi connectivity index (χ3n) is 3.91. The van der Waals surface area contributed by atoms with Gasteiger partial charge in [-0.2, -0.15) is 0 Å². The Balaban J connectivity index is 2.28. The third-order valence-corrected chi connectivity index (χ3v) is 5.66. The van der Waals surface area contributed by atoms with E-state index in [0.717, 1.165) is 19.3 Å². The van der Waals surface area contributed by atoms with Crippen LogP contribution in [0.2, 0.25) is 5.02 Å². The van der Waals surface area contributed by atoms with Crippen LogP contribution in [0.1, 0.15) is 39.5 Å². The van der Waals surface area contributed by atoms with Gasteiger partial charge in [-0.1, -0.05) is 31.4 Å². The summed E-state index contributed by atoms with van der Waals surface area (Å²) in [4.78, 5) is 0.120. The van der Waals surface area contributed by atoms with Crippen LogP contribution in [0.3, 0.4) is 0 Å². The summed E-state index contributed by atoms with van der Waals surface area (Å²) in [5, 5.41) is 0.385. The highest BCUT2D eigenvalue weighted by Crippen LogP contribution is 2.30. The summed E-state index contributed by atoms with van der Waals surface area (Å²) in [5.41, 5.74) is 0. The summed E-state index contributed by atoms with van der Waals surface area (Å²) in [6.07, 6.45) is 4.16. The molecule has 1 aliphatic rings. The van der Waals surface area contributed by atoms with Gasteiger partial charge >= 0.3 is 0 Å². The number of benzene rings is 1. The SMILES string of the molecule is CCOc1ccc(Cl)cc1S(=O)(=O)NC1CCCCC1C. The molecule has 1 saturated carbocycles. The molecule has 1 aromatic rings. The lowest BCUT2D eigenvalue weighted by Gasteiger charge is -2.29. The second-order valence-corrected chi connectivity index (χ2v) is 7.63. The normalized spacial score (nSPS) is 23.0. The van der Waals surface area contributed by atoms with E-state index in [1.807, 2.05) is 6.92 Å². The Hall–Kier alpha value is -0.780. The molecule has 21 heavy (non-hydrogen) atoms. The van der Waals surface area contributed by atoms with Crippen LogP contribution < -0.4 is 9.46 Å². The van der Waals surface area contributed by atoms with Gasteiger partial charge in [-0.25, -0.2) is 13.1 Å². The minimum Gasteiger partial charge on any atom is -0.492 e. The summed E-state index contributed by atoms with van der Waals surface area (Å²) in [5.74, 6) is 0.695. The Labute approximate surface area is 131 Å². The molecule has 1 N–H and O–H groups in total. The van der Waals surface area contributed by atoms with Crippen molar-refractivity contribution in [2.24, 2.45) is 5.92 Å². The first-order valence-corrected chi connectivity index (χ1v) is 9.25. The number of ether oxygens (including phenoxy) is 1. The van der Waals surface area contributed by atoms with Crippen LogP contribution in [0.25, 0.3) is 0 Å². The zero-order valence-corrected chi connectivity index (χ0v) is 14.0. The molecule has 1 fully saturated rings. The predicted molar refractivity (Wildman–Crippen MR) is 84.4 cm³/mol. The van der Waals surface area contributed by atoms with Crippen LogP contribution in [0, 0.1) is 5.92 Å². The van der Waals surface area contributed by atoms with E-state index in [1.165, 1.54) is 12.5 Å². The number of sulfonamides is 1. The van der Waals surface area contributed by atoms with Crippen LogP contribution in [0.4, 0.5) is 0 Å². The van der Waals surface area contributed by atoms with Gasteiger partial charge in [-0.15, -0.1) is 0 Å². The van der Waals surface area contributed by atoms with E-state index < -0.39 is 10.0 Å². The van der Waals surface area contributed by atoms with E-state index in [0.29, 0.717) is 23.3 Å². The topological polar surface area (TPSA) is 55.4 Å². The maximum atomic E-state index is 12.6. The second-order valence-electron chi connectivity index (χ2n) is 5.51. The van der Waals surface area contributed by atoms with E-state index in [1.54, 1.807) is 12.1 Å². The first kappa shape index (κ1) is 16.6. The standard InChI is InChI=1S/C15H22ClNO3S/c1-3-20-14-9-8-12(16)10-15(14)21(18,19)17-13-7-5-4-6-11(13)2/h8-11,13,17H,3-7H2,1-2H3. The van der Waals surface area contributed by atoms with Crippen LogP contribution in [0.15, 0.2) is 23.1 Å². The Morgan fingerprint density at radius 3 is 2.71 bits per heavy atom. The highest BCUT2D eigenvalue weighted by Gasteiger charge is 2.28. The fourth-order valence-electron chi connectivity index (χ4n) is 2.72. The van der Waals surface area contributed by atoms with Gasteiger partial charge in [0.15, 0.2) is 0 Å². The van der Waals surface area contributed by atoms with E-state index in [-0.39, 0.29) is 10.9 Å².